The van der Waals surface area contributed by atoms with E-state index in [2.05, 4.69) is 4.74 Å². The number of alkyl halides is 3. The first-order chi connectivity index (χ1) is 5.20. The largest absolute Gasteiger partial charge is 0.508 e. The first-order valence-corrected chi connectivity index (χ1v) is 4.18. The van der Waals surface area contributed by atoms with Gasteiger partial charge in [0, 0.05) is 0 Å². The molecule has 0 saturated carbocycles. The molecule has 0 unspecified atom stereocenters. The van der Waals surface area contributed by atoms with Gasteiger partial charge in [-0.2, -0.15) is 0 Å². The summed E-state index contributed by atoms with van der Waals surface area (Å²) in [6, 6.07) is 0. The van der Waals surface area contributed by atoms with Gasteiger partial charge in [-0.1, -0.05) is 34.8 Å². The van der Waals surface area contributed by atoms with Crippen molar-refractivity contribution in [1.82, 2.24) is 0 Å². The zero-order valence-corrected chi connectivity index (χ0v) is 9.13. The number of methoxy groups -OCH3 is 1. The van der Waals surface area contributed by atoms with Crippen LogP contribution < -0.4 is 0 Å². The summed E-state index contributed by atoms with van der Waals surface area (Å²) in [5.41, 5.74) is -1.22. The minimum atomic E-state index is -1.68. The first kappa shape index (κ1) is 12.1. The molecule has 0 spiro atoms. The molecule has 0 aromatic heterocycles. The van der Waals surface area contributed by atoms with Crippen molar-refractivity contribution in [2.75, 3.05) is 7.11 Å². The predicted octanol–water partition coefficient (Wildman–Crippen LogP) is 2.92. The number of hydrogen-bond donors (Lipinski definition) is 0. The Balaban J connectivity index is 4.33. The summed E-state index contributed by atoms with van der Waals surface area (Å²) in [7, 11) is 1.18. The molecule has 0 bridgehead atoms. The summed E-state index contributed by atoms with van der Waals surface area (Å²) in [5.74, 6) is 0. The molecule has 0 heterocycles. The normalized spacial score (nSPS) is 12.5. The molecule has 0 aromatic rings. The molecule has 0 N–H and O–H groups in total. The van der Waals surface area contributed by atoms with Gasteiger partial charge in [0.25, 0.3) is 0 Å². The second-order valence-electron chi connectivity index (χ2n) is 2.56. The minimum Gasteiger partial charge on any atom is -0.438 e. The lowest BCUT2D eigenvalue weighted by Gasteiger charge is -2.30. The van der Waals surface area contributed by atoms with E-state index >= 15 is 0 Å². The van der Waals surface area contributed by atoms with Crippen molar-refractivity contribution in [2.45, 2.75) is 23.2 Å². The van der Waals surface area contributed by atoms with Crippen molar-refractivity contribution >= 4 is 41.0 Å². The van der Waals surface area contributed by atoms with Crippen LogP contribution in [0.25, 0.3) is 0 Å². The molecule has 0 rings (SSSR count). The van der Waals surface area contributed by atoms with Gasteiger partial charge in [-0.05, 0) is 13.8 Å². The van der Waals surface area contributed by atoms with Crippen LogP contribution >= 0.6 is 34.8 Å². The Labute approximate surface area is 85.9 Å². The van der Waals surface area contributed by atoms with E-state index in [0.717, 1.165) is 0 Å². The number of hydrogen-bond acceptors (Lipinski definition) is 3. The summed E-state index contributed by atoms with van der Waals surface area (Å²) in [5, 5.41) is 0. The Kier molecular flexibility index (Phi) is 3.94. The van der Waals surface area contributed by atoms with Crippen molar-refractivity contribution in [1.29, 1.82) is 0 Å². The van der Waals surface area contributed by atoms with Crippen molar-refractivity contribution in [3.8, 4) is 0 Å². The summed E-state index contributed by atoms with van der Waals surface area (Å²) in [4.78, 5) is 10.7. The van der Waals surface area contributed by atoms with Crippen LogP contribution in [0.15, 0.2) is 0 Å². The Hall–Kier alpha value is 0.140. The average Bonchev–Trinajstić information content (AvgIpc) is 1.84. The molecule has 0 radical (unpaired) electrons. The lowest BCUT2D eigenvalue weighted by molar-refractivity contribution is -0.00465. The zero-order chi connectivity index (χ0) is 9.99. The van der Waals surface area contributed by atoms with Gasteiger partial charge >= 0.3 is 6.16 Å². The van der Waals surface area contributed by atoms with Gasteiger partial charge in [0.1, 0.15) is 0 Å². The third kappa shape index (κ3) is 3.25. The van der Waals surface area contributed by atoms with Crippen LogP contribution in [0.2, 0.25) is 0 Å². The van der Waals surface area contributed by atoms with E-state index in [9.17, 15) is 4.79 Å². The van der Waals surface area contributed by atoms with Gasteiger partial charge in [0.15, 0.2) is 5.60 Å². The van der Waals surface area contributed by atoms with E-state index in [0.29, 0.717) is 0 Å². The maximum atomic E-state index is 10.7. The molecule has 3 nitrogen and oxygen atoms in total. The van der Waals surface area contributed by atoms with E-state index in [4.69, 9.17) is 39.5 Å². The fourth-order valence-corrected chi connectivity index (χ4v) is 0.424. The van der Waals surface area contributed by atoms with Gasteiger partial charge in [-0.15, -0.1) is 0 Å². The van der Waals surface area contributed by atoms with E-state index in [1.165, 1.54) is 21.0 Å². The Bertz CT molecular complexity index is 173. The molecule has 0 amide bonds. The Morgan fingerprint density at radius 2 is 1.67 bits per heavy atom. The summed E-state index contributed by atoms with van der Waals surface area (Å²) < 4.78 is 7.26. The molecule has 0 fully saturated rings. The predicted molar refractivity (Wildman–Crippen MR) is 47.9 cm³/mol. The van der Waals surface area contributed by atoms with Crippen LogP contribution in [0.5, 0.6) is 0 Å². The summed E-state index contributed by atoms with van der Waals surface area (Å²) in [6.45, 7) is 2.94. The third-order valence-electron chi connectivity index (χ3n) is 1.19. The fourth-order valence-electron chi connectivity index (χ4n) is 0.308. The van der Waals surface area contributed by atoms with Gasteiger partial charge in [-0.3, -0.25) is 0 Å². The molecule has 0 aromatic carbocycles. The quantitative estimate of drug-likeness (QED) is 0.518. The van der Waals surface area contributed by atoms with Crippen LogP contribution in [-0.2, 0) is 9.47 Å². The SMILES string of the molecule is COC(=O)OC(C)(C)C(Cl)(Cl)Cl. The standard InChI is InChI=1S/C6H9Cl3O3/c1-5(2,6(7,8)9)12-4(10)11-3/h1-3H3. The van der Waals surface area contributed by atoms with Crippen molar-refractivity contribution in [3.05, 3.63) is 0 Å². The second-order valence-corrected chi connectivity index (χ2v) is 4.85. The highest BCUT2D eigenvalue weighted by Crippen LogP contribution is 2.40. The van der Waals surface area contributed by atoms with E-state index in [1.807, 2.05) is 0 Å². The molecule has 0 aliphatic heterocycles. The van der Waals surface area contributed by atoms with Crippen LogP contribution in [0.1, 0.15) is 13.8 Å². The van der Waals surface area contributed by atoms with Crippen LogP contribution in [0.4, 0.5) is 4.79 Å². The first-order valence-electron chi connectivity index (χ1n) is 3.04. The molecular weight excluding hydrogens is 226 g/mol. The molecule has 6 heteroatoms. The minimum absolute atomic E-state index is 0.883. The topological polar surface area (TPSA) is 35.5 Å². The average molecular weight is 235 g/mol. The highest BCUT2D eigenvalue weighted by molar-refractivity contribution is 6.68. The molecular formula is C6H9Cl3O3. The Morgan fingerprint density at radius 3 is 1.92 bits per heavy atom. The van der Waals surface area contributed by atoms with Gasteiger partial charge in [0.2, 0.25) is 3.79 Å². The maximum Gasteiger partial charge on any atom is 0.508 e. The molecule has 0 atom stereocenters. The molecule has 72 valence electrons. The van der Waals surface area contributed by atoms with E-state index < -0.39 is 15.5 Å². The highest BCUT2D eigenvalue weighted by atomic mass is 35.6. The molecule has 0 saturated heterocycles. The van der Waals surface area contributed by atoms with Crippen LogP contribution in [0.3, 0.4) is 0 Å². The number of ether oxygens (including phenoxy) is 2. The van der Waals surface area contributed by atoms with Crippen molar-refractivity contribution < 1.29 is 14.3 Å². The van der Waals surface area contributed by atoms with E-state index in [-0.39, 0.29) is 0 Å². The van der Waals surface area contributed by atoms with E-state index in [1.54, 1.807) is 0 Å². The molecule has 0 aliphatic carbocycles. The summed E-state index contributed by atoms with van der Waals surface area (Å²) >= 11 is 16.6. The number of halogens is 3. The zero-order valence-electron chi connectivity index (χ0n) is 6.86. The van der Waals surface area contributed by atoms with Crippen molar-refractivity contribution in [3.63, 3.8) is 0 Å². The maximum absolute atomic E-state index is 10.7. The van der Waals surface area contributed by atoms with Gasteiger partial charge < -0.3 is 9.47 Å². The highest BCUT2D eigenvalue weighted by Gasteiger charge is 2.44. The molecule has 12 heavy (non-hydrogen) atoms. The van der Waals surface area contributed by atoms with Crippen LogP contribution in [0, 0.1) is 0 Å². The third-order valence-corrected chi connectivity index (χ3v) is 2.55. The second kappa shape index (κ2) is 3.90. The molecule has 0 aliphatic rings. The van der Waals surface area contributed by atoms with Crippen LogP contribution in [-0.4, -0.2) is 22.7 Å². The lowest BCUT2D eigenvalue weighted by atomic mass is 10.2. The number of rotatable bonds is 1. The number of carbonyl (C=O) groups excluding carboxylic acids is 1. The summed E-state index contributed by atoms with van der Waals surface area (Å²) in [6.07, 6.45) is -0.883. The lowest BCUT2D eigenvalue weighted by Crippen LogP contribution is -2.41. The monoisotopic (exact) mass is 234 g/mol. The number of carbonyl (C=O) groups is 1. The fraction of sp³-hybridized carbons (Fsp3) is 0.833. The smallest absolute Gasteiger partial charge is 0.438 e. The van der Waals surface area contributed by atoms with Crippen molar-refractivity contribution in [2.24, 2.45) is 0 Å². The Morgan fingerprint density at radius 1 is 1.25 bits per heavy atom. The van der Waals surface area contributed by atoms with Gasteiger partial charge in [-0.25, -0.2) is 4.79 Å². The van der Waals surface area contributed by atoms with Gasteiger partial charge in [0.05, 0.1) is 7.11 Å².